The van der Waals surface area contributed by atoms with Crippen molar-refractivity contribution in [3.05, 3.63) is 101 Å². The fraction of sp³-hybridized carbons (Fsp3) is 0.115. The second-order valence-electron chi connectivity index (χ2n) is 6.95. The number of benzene rings is 3. The molecule has 4 heteroatoms. The maximum absolute atomic E-state index is 12.8. The van der Waals surface area contributed by atoms with Crippen molar-refractivity contribution >= 4 is 17.9 Å². The van der Waals surface area contributed by atoms with Gasteiger partial charge in [-0.2, -0.15) is 0 Å². The van der Waals surface area contributed by atoms with Gasteiger partial charge in [-0.15, -0.1) is 0 Å². The number of ketones is 1. The second kappa shape index (κ2) is 8.70. The lowest BCUT2D eigenvalue weighted by atomic mass is 10.0. The molecule has 0 aromatic heterocycles. The van der Waals surface area contributed by atoms with Crippen LogP contribution in [0, 0.1) is 6.92 Å². The van der Waals surface area contributed by atoms with Crippen molar-refractivity contribution < 1.29 is 19.0 Å². The van der Waals surface area contributed by atoms with E-state index < -0.39 is 0 Å². The number of Topliss-reactive ketones (excluding diaryl/α,β-unsaturated/α-hetero) is 1. The molecular weight excluding hydrogens is 376 g/mol. The summed E-state index contributed by atoms with van der Waals surface area (Å²) in [5.41, 5.74) is 3.40. The molecule has 0 aliphatic carbocycles. The monoisotopic (exact) mass is 398 g/mol. The molecule has 30 heavy (non-hydrogen) atoms. The van der Waals surface area contributed by atoms with Crippen molar-refractivity contribution in [3.63, 3.8) is 0 Å². The first-order valence-electron chi connectivity index (χ1n) is 9.71. The number of fused-ring (bicyclic) bond motifs is 1. The van der Waals surface area contributed by atoms with Crippen molar-refractivity contribution in [2.24, 2.45) is 0 Å². The van der Waals surface area contributed by atoms with Gasteiger partial charge in [-0.1, -0.05) is 48.5 Å². The molecule has 3 aromatic carbocycles. The maximum Gasteiger partial charge on any atom is 0.232 e. The molecule has 3 aromatic rings. The highest BCUT2D eigenvalue weighted by atomic mass is 16.5. The molecule has 0 saturated heterocycles. The number of methoxy groups -OCH3 is 1. The summed E-state index contributed by atoms with van der Waals surface area (Å²) >= 11 is 0. The molecule has 150 valence electrons. The normalized spacial score (nSPS) is 14.1. The standard InChI is InChI=1S/C26H22O4/c1-18-15-22(29-14-6-9-19-7-4-3-5-8-19)17-23-25(18)26(27)24(30-23)16-20-10-12-21(28-2)13-11-20/h3-13,15-17H,14H2,1-2H3/b9-6+,24-16-. The topological polar surface area (TPSA) is 44.8 Å². The maximum atomic E-state index is 12.8. The van der Waals surface area contributed by atoms with Gasteiger partial charge in [0.25, 0.3) is 0 Å². The molecule has 0 saturated carbocycles. The van der Waals surface area contributed by atoms with Crippen LogP contribution < -0.4 is 14.2 Å². The van der Waals surface area contributed by atoms with Crippen LogP contribution in [0.3, 0.4) is 0 Å². The summed E-state index contributed by atoms with van der Waals surface area (Å²) in [7, 11) is 1.62. The summed E-state index contributed by atoms with van der Waals surface area (Å²) in [6.45, 7) is 2.32. The Kier molecular flexibility index (Phi) is 5.66. The lowest BCUT2D eigenvalue weighted by Crippen LogP contribution is -2.00. The Balaban J connectivity index is 1.48. The molecule has 0 atom stereocenters. The first-order chi connectivity index (χ1) is 14.6. The highest BCUT2D eigenvalue weighted by Gasteiger charge is 2.29. The molecule has 0 unspecified atom stereocenters. The van der Waals surface area contributed by atoms with Gasteiger partial charge in [0.1, 0.15) is 23.9 Å². The van der Waals surface area contributed by atoms with Crippen molar-refractivity contribution in [1.82, 2.24) is 0 Å². The number of aryl methyl sites for hydroxylation is 1. The van der Waals surface area contributed by atoms with E-state index in [1.54, 1.807) is 19.3 Å². The molecule has 4 nitrogen and oxygen atoms in total. The third-order valence-corrected chi connectivity index (χ3v) is 4.81. The summed E-state index contributed by atoms with van der Waals surface area (Å²) in [6, 6.07) is 21.1. The minimum Gasteiger partial charge on any atom is -0.497 e. The van der Waals surface area contributed by atoms with E-state index in [0.29, 0.717) is 29.4 Å². The van der Waals surface area contributed by atoms with Gasteiger partial charge in [0, 0.05) is 6.07 Å². The van der Waals surface area contributed by atoms with Crippen LogP contribution in [0.2, 0.25) is 0 Å². The van der Waals surface area contributed by atoms with Gasteiger partial charge in [0.2, 0.25) is 5.78 Å². The van der Waals surface area contributed by atoms with Crippen molar-refractivity contribution in [3.8, 4) is 17.2 Å². The lowest BCUT2D eigenvalue weighted by molar-refractivity contribution is 0.101. The van der Waals surface area contributed by atoms with E-state index in [1.165, 1.54) is 0 Å². The van der Waals surface area contributed by atoms with E-state index in [1.807, 2.05) is 79.7 Å². The summed E-state index contributed by atoms with van der Waals surface area (Å²) in [5.74, 6) is 2.15. The van der Waals surface area contributed by atoms with Crippen LogP contribution >= 0.6 is 0 Å². The SMILES string of the molecule is COc1ccc(/C=C2\Oc3cc(OC/C=C/c4ccccc4)cc(C)c3C2=O)cc1. The minimum absolute atomic E-state index is 0.117. The lowest BCUT2D eigenvalue weighted by Gasteiger charge is -2.07. The van der Waals surface area contributed by atoms with Crippen LogP contribution in [0.1, 0.15) is 27.0 Å². The average molecular weight is 398 g/mol. The third kappa shape index (κ3) is 4.28. The molecule has 0 radical (unpaired) electrons. The molecule has 1 heterocycles. The quantitative estimate of drug-likeness (QED) is 0.499. The summed E-state index contributed by atoms with van der Waals surface area (Å²) < 4.78 is 16.9. The number of hydrogen-bond acceptors (Lipinski definition) is 4. The molecule has 0 amide bonds. The van der Waals surface area contributed by atoms with Crippen LogP contribution in [0.25, 0.3) is 12.2 Å². The fourth-order valence-corrected chi connectivity index (χ4v) is 3.30. The predicted molar refractivity (Wildman–Crippen MR) is 118 cm³/mol. The number of allylic oxidation sites excluding steroid dienone is 1. The second-order valence-corrected chi connectivity index (χ2v) is 6.95. The van der Waals surface area contributed by atoms with E-state index in [2.05, 4.69) is 0 Å². The van der Waals surface area contributed by atoms with Crippen LogP contribution in [0.4, 0.5) is 0 Å². The smallest absolute Gasteiger partial charge is 0.232 e. The van der Waals surface area contributed by atoms with Gasteiger partial charge >= 0.3 is 0 Å². The van der Waals surface area contributed by atoms with Crippen LogP contribution in [0.15, 0.2) is 78.6 Å². The van der Waals surface area contributed by atoms with E-state index in [0.717, 1.165) is 22.4 Å². The summed E-state index contributed by atoms with van der Waals surface area (Å²) in [6.07, 6.45) is 5.71. The number of hydrogen-bond donors (Lipinski definition) is 0. The Morgan fingerprint density at radius 1 is 0.933 bits per heavy atom. The zero-order valence-corrected chi connectivity index (χ0v) is 16.9. The highest BCUT2D eigenvalue weighted by molar-refractivity contribution is 6.15. The van der Waals surface area contributed by atoms with Gasteiger partial charge in [-0.25, -0.2) is 0 Å². The summed E-state index contributed by atoms with van der Waals surface area (Å²) in [4.78, 5) is 12.8. The van der Waals surface area contributed by atoms with Crippen molar-refractivity contribution in [2.75, 3.05) is 13.7 Å². The van der Waals surface area contributed by atoms with Crippen LogP contribution in [-0.2, 0) is 0 Å². The first-order valence-corrected chi connectivity index (χ1v) is 9.71. The molecule has 1 aliphatic heterocycles. The Hall–Kier alpha value is -3.79. The van der Waals surface area contributed by atoms with Crippen LogP contribution in [0.5, 0.6) is 17.2 Å². The van der Waals surface area contributed by atoms with Crippen LogP contribution in [-0.4, -0.2) is 19.5 Å². The Labute approximate surface area is 176 Å². The average Bonchev–Trinajstić information content (AvgIpc) is 3.08. The molecule has 0 spiro atoms. The molecule has 0 fully saturated rings. The number of rotatable bonds is 6. The van der Waals surface area contributed by atoms with Crippen molar-refractivity contribution in [2.45, 2.75) is 6.92 Å². The number of carbonyl (C=O) groups is 1. The molecule has 0 N–H and O–H groups in total. The van der Waals surface area contributed by atoms with Gasteiger partial charge in [0.15, 0.2) is 5.76 Å². The summed E-state index contributed by atoms with van der Waals surface area (Å²) in [5, 5.41) is 0. The number of carbonyl (C=O) groups excluding carboxylic acids is 1. The predicted octanol–water partition coefficient (Wildman–Crippen LogP) is 5.71. The van der Waals surface area contributed by atoms with Gasteiger partial charge in [-0.3, -0.25) is 4.79 Å². The van der Waals surface area contributed by atoms with Gasteiger partial charge in [-0.05, 0) is 54.0 Å². The molecule has 1 aliphatic rings. The Morgan fingerprint density at radius 2 is 1.70 bits per heavy atom. The minimum atomic E-state index is -0.117. The molecular formula is C26H22O4. The Morgan fingerprint density at radius 3 is 2.43 bits per heavy atom. The van der Waals surface area contributed by atoms with Crippen molar-refractivity contribution in [1.29, 1.82) is 0 Å². The zero-order valence-electron chi connectivity index (χ0n) is 16.9. The molecule has 0 bridgehead atoms. The third-order valence-electron chi connectivity index (χ3n) is 4.81. The first kappa shape index (κ1) is 19.5. The van der Waals surface area contributed by atoms with E-state index in [-0.39, 0.29) is 5.78 Å². The van der Waals surface area contributed by atoms with E-state index >= 15 is 0 Å². The molecule has 4 rings (SSSR count). The van der Waals surface area contributed by atoms with E-state index in [4.69, 9.17) is 14.2 Å². The highest BCUT2D eigenvalue weighted by Crippen LogP contribution is 2.37. The number of ether oxygens (including phenoxy) is 3. The van der Waals surface area contributed by atoms with Gasteiger partial charge < -0.3 is 14.2 Å². The largest absolute Gasteiger partial charge is 0.497 e. The van der Waals surface area contributed by atoms with Gasteiger partial charge in [0.05, 0.1) is 12.7 Å². The Bertz CT molecular complexity index is 1110. The zero-order chi connectivity index (χ0) is 20.9. The van der Waals surface area contributed by atoms with E-state index in [9.17, 15) is 4.79 Å². The fourth-order valence-electron chi connectivity index (χ4n) is 3.30.